The van der Waals surface area contributed by atoms with E-state index in [1.807, 2.05) is 4.90 Å². The molecule has 3 nitrogen and oxygen atoms in total. The van der Waals surface area contributed by atoms with Gasteiger partial charge < -0.3 is 4.90 Å². The van der Waals surface area contributed by atoms with Gasteiger partial charge in [-0.15, -0.1) is 11.8 Å². The summed E-state index contributed by atoms with van der Waals surface area (Å²) in [6.07, 6.45) is 2.65. The molecule has 2 fully saturated rings. The first-order chi connectivity index (χ1) is 6.29. The molecule has 2 aliphatic heterocycles. The number of hydrogen-bond donors (Lipinski definition) is 1. The largest absolute Gasteiger partial charge is 0.323 e. The lowest BCUT2D eigenvalue weighted by atomic mass is 10.2. The number of nitrogens with zero attached hydrogens (tertiary/aromatic N) is 1. The molecule has 0 aliphatic carbocycles. The van der Waals surface area contributed by atoms with Gasteiger partial charge in [-0.25, -0.2) is 0 Å². The molecule has 2 atom stereocenters. The molecule has 0 bridgehead atoms. The summed E-state index contributed by atoms with van der Waals surface area (Å²) in [5.74, 6) is 2.06. The first-order valence-corrected chi connectivity index (χ1v) is 6.07. The summed E-state index contributed by atoms with van der Waals surface area (Å²) in [6, 6.07) is 0.404. The molecule has 0 saturated carbocycles. The molecule has 74 valence electrons. The lowest BCUT2D eigenvalue weighted by Crippen LogP contribution is -2.54. The lowest BCUT2D eigenvalue weighted by Gasteiger charge is -2.37. The Balaban J connectivity index is 2.04. The fourth-order valence-corrected chi connectivity index (χ4v) is 3.05. The minimum absolute atomic E-state index is 0.308. The van der Waals surface area contributed by atoms with Crippen LogP contribution in [0.2, 0.25) is 0 Å². The van der Waals surface area contributed by atoms with Gasteiger partial charge in [0.15, 0.2) is 0 Å². The standard InChI is InChI=1S/C9H16N2OS/c1-7-5-13-6-9(12)11(7)8-3-2-4-10-8/h7-8,10H,2-6H2,1H3. The fraction of sp³-hybridized carbons (Fsp3) is 0.889. The van der Waals surface area contributed by atoms with Gasteiger partial charge in [-0.1, -0.05) is 0 Å². The summed E-state index contributed by atoms with van der Waals surface area (Å²) in [5, 5.41) is 3.38. The van der Waals surface area contributed by atoms with E-state index in [0.717, 1.165) is 18.7 Å². The normalized spacial score (nSPS) is 35.5. The molecule has 0 radical (unpaired) electrons. The van der Waals surface area contributed by atoms with E-state index in [-0.39, 0.29) is 0 Å². The maximum Gasteiger partial charge on any atom is 0.234 e. The first kappa shape index (κ1) is 9.34. The van der Waals surface area contributed by atoms with Crippen LogP contribution in [0, 0.1) is 0 Å². The van der Waals surface area contributed by atoms with Crippen molar-refractivity contribution in [2.45, 2.75) is 32.0 Å². The first-order valence-electron chi connectivity index (χ1n) is 4.91. The van der Waals surface area contributed by atoms with Gasteiger partial charge in [0, 0.05) is 11.8 Å². The Labute approximate surface area is 83.2 Å². The van der Waals surface area contributed by atoms with Crippen LogP contribution in [0.25, 0.3) is 0 Å². The van der Waals surface area contributed by atoms with Gasteiger partial charge >= 0.3 is 0 Å². The monoisotopic (exact) mass is 200 g/mol. The molecule has 0 spiro atoms. The molecule has 2 rings (SSSR count). The predicted octanol–water partition coefficient (Wildman–Crippen LogP) is 0.660. The minimum Gasteiger partial charge on any atom is -0.323 e. The third kappa shape index (κ3) is 1.83. The maximum absolute atomic E-state index is 11.7. The molecular weight excluding hydrogens is 184 g/mol. The van der Waals surface area contributed by atoms with Crippen molar-refractivity contribution >= 4 is 17.7 Å². The molecule has 0 aromatic rings. The molecule has 0 aromatic carbocycles. The van der Waals surface area contributed by atoms with Crippen molar-refractivity contribution in [3.8, 4) is 0 Å². The van der Waals surface area contributed by atoms with Crippen molar-refractivity contribution in [3.05, 3.63) is 0 Å². The van der Waals surface area contributed by atoms with Crippen LogP contribution >= 0.6 is 11.8 Å². The van der Waals surface area contributed by atoms with E-state index >= 15 is 0 Å². The van der Waals surface area contributed by atoms with E-state index in [9.17, 15) is 4.79 Å². The smallest absolute Gasteiger partial charge is 0.234 e. The summed E-state index contributed by atoms with van der Waals surface area (Å²) >= 11 is 1.75. The van der Waals surface area contributed by atoms with Crippen molar-refractivity contribution in [1.29, 1.82) is 0 Å². The van der Waals surface area contributed by atoms with Crippen molar-refractivity contribution < 1.29 is 4.79 Å². The Bertz CT molecular complexity index is 204. The van der Waals surface area contributed by atoms with Crippen LogP contribution in [0.4, 0.5) is 0 Å². The van der Waals surface area contributed by atoms with E-state index in [1.54, 1.807) is 11.8 Å². The second kappa shape index (κ2) is 3.88. The number of carbonyl (C=O) groups is 1. The van der Waals surface area contributed by atoms with Gasteiger partial charge in [0.25, 0.3) is 0 Å². The molecule has 2 heterocycles. The molecule has 1 N–H and O–H groups in total. The summed E-state index contributed by atoms with van der Waals surface area (Å²) in [4.78, 5) is 13.7. The minimum atomic E-state index is 0.308. The van der Waals surface area contributed by atoms with Crippen LogP contribution in [0.15, 0.2) is 0 Å². The average molecular weight is 200 g/mol. The molecule has 1 amide bonds. The Hall–Kier alpha value is -0.220. The Morgan fingerprint density at radius 1 is 1.62 bits per heavy atom. The van der Waals surface area contributed by atoms with E-state index in [0.29, 0.717) is 23.9 Å². The molecule has 0 aromatic heterocycles. The number of nitrogens with one attached hydrogen (secondary N) is 1. The summed E-state index contributed by atoms with van der Waals surface area (Å²) in [5.41, 5.74) is 0. The zero-order valence-electron chi connectivity index (χ0n) is 7.95. The number of hydrogen-bond acceptors (Lipinski definition) is 3. The molecular formula is C9H16N2OS. The highest BCUT2D eigenvalue weighted by Gasteiger charge is 2.32. The van der Waals surface area contributed by atoms with Gasteiger partial charge in [0.1, 0.15) is 0 Å². The Kier molecular flexibility index (Phi) is 2.79. The maximum atomic E-state index is 11.7. The number of carbonyl (C=O) groups excluding carboxylic acids is 1. The van der Waals surface area contributed by atoms with E-state index < -0.39 is 0 Å². The molecule has 13 heavy (non-hydrogen) atoms. The fourth-order valence-electron chi connectivity index (χ4n) is 2.10. The third-order valence-corrected chi connectivity index (χ3v) is 3.89. The van der Waals surface area contributed by atoms with Crippen LogP contribution < -0.4 is 5.32 Å². The van der Waals surface area contributed by atoms with Crippen LogP contribution in [-0.2, 0) is 4.79 Å². The quantitative estimate of drug-likeness (QED) is 0.675. The van der Waals surface area contributed by atoms with Gasteiger partial charge in [-0.3, -0.25) is 10.1 Å². The average Bonchev–Trinajstić information content (AvgIpc) is 2.57. The van der Waals surface area contributed by atoms with Crippen LogP contribution in [0.1, 0.15) is 19.8 Å². The second-order valence-electron chi connectivity index (χ2n) is 3.78. The van der Waals surface area contributed by atoms with Crippen molar-refractivity contribution in [2.24, 2.45) is 0 Å². The highest BCUT2D eigenvalue weighted by molar-refractivity contribution is 8.00. The highest BCUT2D eigenvalue weighted by atomic mass is 32.2. The van der Waals surface area contributed by atoms with Gasteiger partial charge in [-0.2, -0.15) is 0 Å². The van der Waals surface area contributed by atoms with E-state index in [4.69, 9.17) is 0 Å². The second-order valence-corrected chi connectivity index (χ2v) is 4.81. The van der Waals surface area contributed by atoms with E-state index in [2.05, 4.69) is 12.2 Å². The lowest BCUT2D eigenvalue weighted by molar-refractivity contribution is -0.133. The Morgan fingerprint density at radius 3 is 3.08 bits per heavy atom. The van der Waals surface area contributed by atoms with Crippen LogP contribution in [0.5, 0.6) is 0 Å². The number of rotatable bonds is 1. The third-order valence-electron chi connectivity index (χ3n) is 2.72. The Morgan fingerprint density at radius 2 is 2.46 bits per heavy atom. The topological polar surface area (TPSA) is 32.3 Å². The van der Waals surface area contributed by atoms with E-state index in [1.165, 1.54) is 6.42 Å². The van der Waals surface area contributed by atoms with Gasteiger partial charge in [0.2, 0.25) is 5.91 Å². The molecule has 2 aliphatic rings. The molecule has 2 unspecified atom stereocenters. The summed E-state index contributed by atoms with van der Waals surface area (Å²) in [6.45, 7) is 3.21. The van der Waals surface area contributed by atoms with Crippen LogP contribution in [-0.4, -0.2) is 41.1 Å². The summed E-state index contributed by atoms with van der Waals surface area (Å²) < 4.78 is 0. The van der Waals surface area contributed by atoms with Crippen molar-refractivity contribution in [3.63, 3.8) is 0 Å². The molecule has 4 heteroatoms. The van der Waals surface area contributed by atoms with Crippen LogP contribution in [0.3, 0.4) is 0 Å². The number of amides is 1. The van der Waals surface area contributed by atoms with Gasteiger partial charge in [0.05, 0.1) is 11.9 Å². The SMILES string of the molecule is CC1CSCC(=O)N1C1CCCN1. The van der Waals surface area contributed by atoms with Crippen molar-refractivity contribution in [1.82, 2.24) is 10.2 Å². The highest BCUT2D eigenvalue weighted by Crippen LogP contribution is 2.22. The number of thioether (sulfide) groups is 1. The molecule has 2 saturated heterocycles. The van der Waals surface area contributed by atoms with Crippen molar-refractivity contribution in [2.75, 3.05) is 18.1 Å². The zero-order valence-corrected chi connectivity index (χ0v) is 8.77. The van der Waals surface area contributed by atoms with Gasteiger partial charge in [-0.05, 0) is 26.3 Å². The summed E-state index contributed by atoms with van der Waals surface area (Å²) in [7, 11) is 0. The zero-order chi connectivity index (χ0) is 9.26. The predicted molar refractivity (Wildman–Crippen MR) is 54.7 cm³/mol.